The Balaban J connectivity index is 2.16. The van der Waals surface area contributed by atoms with E-state index in [0.29, 0.717) is 11.7 Å². The third kappa shape index (κ3) is 2.57. The molecule has 2 rings (SSSR count). The van der Waals surface area contributed by atoms with Crippen LogP contribution in [0, 0.1) is 0 Å². The minimum atomic E-state index is -0.399. The molecule has 0 unspecified atom stereocenters. The quantitative estimate of drug-likeness (QED) is 0.843. The average molecular weight is 268 g/mol. The van der Waals surface area contributed by atoms with Gasteiger partial charge in [-0.05, 0) is 0 Å². The van der Waals surface area contributed by atoms with Crippen LogP contribution in [-0.4, -0.2) is 32.8 Å². The third-order valence-corrected chi connectivity index (χ3v) is 2.36. The number of hydrogen-bond donors (Lipinski definition) is 1. The molecule has 0 fully saturated rings. The zero-order chi connectivity index (χ0) is 13.1. The molecular weight excluding hydrogens is 258 g/mol. The number of rotatable bonds is 3. The number of carbonyl (C=O) groups excluding carboxylic acids is 1. The van der Waals surface area contributed by atoms with Crippen molar-refractivity contribution in [1.82, 2.24) is 19.7 Å². The predicted octanol–water partition coefficient (Wildman–Crippen LogP) is 1.12. The second kappa shape index (κ2) is 5.01. The van der Waals surface area contributed by atoms with Crippen LogP contribution in [0.3, 0.4) is 0 Å². The van der Waals surface area contributed by atoms with Crippen molar-refractivity contribution in [2.45, 2.75) is 0 Å². The molecule has 0 saturated carbocycles. The van der Waals surface area contributed by atoms with Crippen LogP contribution in [0.15, 0.2) is 18.5 Å². The summed E-state index contributed by atoms with van der Waals surface area (Å²) < 4.78 is 6.48. The number of aryl methyl sites for hydroxylation is 1. The van der Waals surface area contributed by atoms with Gasteiger partial charge in [0.25, 0.3) is 5.91 Å². The molecule has 0 aliphatic heterocycles. The molecule has 7 nitrogen and oxygen atoms in total. The average Bonchev–Trinajstić information content (AvgIpc) is 2.70. The van der Waals surface area contributed by atoms with Crippen molar-refractivity contribution >= 4 is 23.3 Å². The largest absolute Gasteiger partial charge is 0.481 e. The SMILES string of the molecule is COc1cc(C(=O)Nc2cc(Cl)ncn2)nn1C. The Morgan fingerprint density at radius 3 is 2.83 bits per heavy atom. The summed E-state index contributed by atoms with van der Waals surface area (Å²) >= 11 is 5.68. The van der Waals surface area contributed by atoms with E-state index in [1.165, 1.54) is 30.3 Å². The molecular formula is C10H10ClN5O2. The molecule has 94 valence electrons. The first-order valence-electron chi connectivity index (χ1n) is 4.97. The van der Waals surface area contributed by atoms with Crippen molar-refractivity contribution in [2.75, 3.05) is 12.4 Å². The summed E-state index contributed by atoms with van der Waals surface area (Å²) in [7, 11) is 3.18. The van der Waals surface area contributed by atoms with E-state index in [0.717, 1.165) is 0 Å². The van der Waals surface area contributed by atoms with Crippen molar-refractivity contribution in [2.24, 2.45) is 7.05 Å². The van der Waals surface area contributed by atoms with Gasteiger partial charge >= 0.3 is 0 Å². The molecule has 0 aliphatic carbocycles. The highest BCUT2D eigenvalue weighted by Gasteiger charge is 2.13. The Hall–Kier alpha value is -2.15. The Labute approximate surface area is 108 Å². The molecule has 2 heterocycles. The van der Waals surface area contributed by atoms with Crippen molar-refractivity contribution in [3.05, 3.63) is 29.3 Å². The van der Waals surface area contributed by atoms with Crippen LogP contribution in [0.1, 0.15) is 10.5 Å². The van der Waals surface area contributed by atoms with Gasteiger partial charge in [-0.2, -0.15) is 5.10 Å². The molecule has 0 saturated heterocycles. The van der Waals surface area contributed by atoms with Crippen molar-refractivity contribution in [1.29, 1.82) is 0 Å². The molecule has 18 heavy (non-hydrogen) atoms. The summed E-state index contributed by atoms with van der Waals surface area (Å²) in [4.78, 5) is 19.4. The van der Waals surface area contributed by atoms with Crippen molar-refractivity contribution in [3.63, 3.8) is 0 Å². The Morgan fingerprint density at radius 2 is 2.22 bits per heavy atom. The maximum Gasteiger partial charge on any atom is 0.277 e. The first-order valence-corrected chi connectivity index (χ1v) is 5.35. The van der Waals surface area contributed by atoms with Crippen LogP contribution in [0.25, 0.3) is 0 Å². The van der Waals surface area contributed by atoms with Gasteiger partial charge in [0.1, 0.15) is 17.3 Å². The number of aromatic nitrogens is 4. The van der Waals surface area contributed by atoms with E-state index in [1.54, 1.807) is 7.05 Å². The molecule has 8 heteroatoms. The second-order valence-electron chi connectivity index (χ2n) is 3.38. The number of nitrogens with one attached hydrogen (secondary N) is 1. The summed E-state index contributed by atoms with van der Waals surface area (Å²) in [6.45, 7) is 0. The summed E-state index contributed by atoms with van der Waals surface area (Å²) in [5, 5.41) is 6.81. The zero-order valence-electron chi connectivity index (χ0n) is 9.72. The van der Waals surface area contributed by atoms with E-state index in [9.17, 15) is 4.79 Å². The molecule has 0 aromatic carbocycles. The molecule has 0 atom stereocenters. The summed E-state index contributed by atoms with van der Waals surface area (Å²) in [6, 6.07) is 2.97. The fourth-order valence-electron chi connectivity index (χ4n) is 1.33. The van der Waals surface area contributed by atoms with E-state index < -0.39 is 5.91 Å². The summed E-state index contributed by atoms with van der Waals surface area (Å²) in [6.07, 6.45) is 1.26. The Bertz CT molecular complexity index is 583. The van der Waals surface area contributed by atoms with Crippen LogP contribution in [0.4, 0.5) is 5.82 Å². The summed E-state index contributed by atoms with van der Waals surface area (Å²) in [5.41, 5.74) is 0.226. The smallest absolute Gasteiger partial charge is 0.277 e. The topological polar surface area (TPSA) is 81.9 Å². The van der Waals surface area contributed by atoms with Gasteiger partial charge in [0, 0.05) is 19.2 Å². The number of anilines is 1. The molecule has 1 N–H and O–H groups in total. The zero-order valence-corrected chi connectivity index (χ0v) is 10.5. The molecule has 0 radical (unpaired) electrons. The van der Waals surface area contributed by atoms with Crippen LogP contribution in [0.2, 0.25) is 5.15 Å². The maximum absolute atomic E-state index is 11.9. The van der Waals surface area contributed by atoms with E-state index in [4.69, 9.17) is 16.3 Å². The van der Waals surface area contributed by atoms with Crippen LogP contribution >= 0.6 is 11.6 Å². The van der Waals surface area contributed by atoms with Gasteiger partial charge in [-0.1, -0.05) is 11.6 Å². The molecule has 0 spiro atoms. The fourth-order valence-corrected chi connectivity index (χ4v) is 1.48. The summed E-state index contributed by atoms with van der Waals surface area (Å²) in [5.74, 6) is 0.397. The molecule has 2 aromatic heterocycles. The van der Waals surface area contributed by atoms with Gasteiger partial charge in [0.15, 0.2) is 5.69 Å². The fraction of sp³-hybridized carbons (Fsp3) is 0.200. The van der Waals surface area contributed by atoms with Crippen LogP contribution in [0.5, 0.6) is 5.88 Å². The lowest BCUT2D eigenvalue weighted by atomic mass is 10.4. The first-order chi connectivity index (χ1) is 8.60. The van der Waals surface area contributed by atoms with Crippen molar-refractivity contribution < 1.29 is 9.53 Å². The molecule has 2 aromatic rings. The predicted molar refractivity (Wildman–Crippen MR) is 64.8 cm³/mol. The van der Waals surface area contributed by atoms with Gasteiger partial charge in [0.05, 0.1) is 7.11 Å². The standard InChI is InChI=1S/C10H10ClN5O2/c1-16-9(18-2)3-6(15-16)10(17)14-8-4-7(11)12-5-13-8/h3-5H,1-2H3,(H,12,13,14,17). The normalized spacial score (nSPS) is 10.2. The van der Waals surface area contributed by atoms with E-state index in [1.807, 2.05) is 0 Å². The van der Waals surface area contributed by atoms with Crippen LogP contribution < -0.4 is 10.1 Å². The number of ether oxygens (including phenoxy) is 1. The highest BCUT2D eigenvalue weighted by atomic mass is 35.5. The van der Waals surface area contributed by atoms with Crippen LogP contribution in [-0.2, 0) is 7.05 Å². The van der Waals surface area contributed by atoms with E-state index in [-0.39, 0.29) is 10.8 Å². The monoisotopic (exact) mass is 267 g/mol. The lowest BCUT2D eigenvalue weighted by Crippen LogP contribution is -2.14. The van der Waals surface area contributed by atoms with Gasteiger partial charge in [-0.15, -0.1) is 0 Å². The Morgan fingerprint density at radius 1 is 1.44 bits per heavy atom. The van der Waals surface area contributed by atoms with Gasteiger partial charge in [0.2, 0.25) is 5.88 Å². The number of halogens is 1. The number of hydrogen-bond acceptors (Lipinski definition) is 5. The van der Waals surface area contributed by atoms with Gasteiger partial charge in [-0.25, -0.2) is 14.6 Å². The second-order valence-corrected chi connectivity index (χ2v) is 3.76. The van der Waals surface area contributed by atoms with E-state index >= 15 is 0 Å². The van der Waals surface area contributed by atoms with Gasteiger partial charge < -0.3 is 10.1 Å². The minimum absolute atomic E-state index is 0.226. The highest BCUT2D eigenvalue weighted by molar-refractivity contribution is 6.29. The first kappa shape index (κ1) is 12.3. The Kier molecular flexibility index (Phi) is 3.42. The number of carbonyl (C=O) groups is 1. The molecule has 1 amide bonds. The minimum Gasteiger partial charge on any atom is -0.481 e. The lowest BCUT2D eigenvalue weighted by Gasteiger charge is -2.01. The third-order valence-electron chi connectivity index (χ3n) is 2.15. The number of amides is 1. The van der Waals surface area contributed by atoms with Gasteiger partial charge in [-0.3, -0.25) is 4.79 Å². The number of nitrogens with zero attached hydrogens (tertiary/aromatic N) is 4. The van der Waals surface area contributed by atoms with E-state index in [2.05, 4.69) is 20.4 Å². The molecule has 0 bridgehead atoms. The maximum atomic E-state index is 11.9. The number of methoxy groups -OCH3 is 1. The lowest BCUT2D eigenvalue weighted by molar-refractivity contribution is 0.102. The van der Waals surface area contributed by atoms with Crippen molar-refractivity contribution in [3.8, 4) is 5.88 Å². The highest BCUT2D eigenvalue weighted by Crippen LogP contribution is 2.13. The molecule has 0 aliphatic rings.